The predicted molar refractivity (Wildman–Crippen MR) is 56.1 cm³/mol. The van der Waals surface area contributed by atoms with Crippen LogP contribution in [0.4, 0.5) is 0 Å². The van der Waals surface area contributed by atoms with E-state index < -0.39 is 0 Å². The van der Waals surface area contributed by atoms with Crippen LogP contribution >= 0.6 is 12.2 Å². The molecule has 1 rings (SSSR count). The molecule has 0 spiro atoms. The van der Waals surface area contributed by atoms with Crippen LogP contribution in [0, 0.1) is 11.8 Å². The molecule has 1 fully saturated rings. The third-order valence-corrected chi connectivity index (χ3v) is 3.33. The molecule has 70 valence electrons. The average molecular weight is 186 g/mol. The topological polar surface area (TPSA) is 24.1 Å². The molecule has 12 heavy (non-hydrogen) atoms. The first-order valence-corrected chi connectivity index (χ1v) is 5.04. The summed E-state index contributed by atoms with van der Waals surface area (Å²) in [4.78, 5) is 0. The summed E-state index contributed by atoms with van der Waals surface area (Å²) in [7, 11) is 1.86. The summed E-state index contributed by atoms with van der Waals surface area (Å²) in [5.74, 6) is 1.58. The van der Waals surface area contributed by atoms with Crippen LogP contribution in [0.15, 0.2) is 0 Å². The third kappa shape index (κ3) is 2.09. The Morgan fingerprint density at radius 3 is 2.42 bits per heavy atom. The van der Waals surface area contributed by atoms with E-state index in [1.165, 1.54) is 12.8 Å². The van der Waals surface area contributed by atoms with Gasteiger partial charge < -0.3 is 10.6 Å². The predicted octanol–water partition coefficient (Wildman–Crippen LogP) is 1.51. The molecule has 1 aliphatic rings. The molecule has 0 saturated heterocycles. The second kappa shape index (κ2) is 4.08. The van der Waals surface area contributed by atoms with E-state index in [2.05, 4.69) is 24.5 Å². The lowest BCUT2D eigenvalue weighted by atomic mass is 9.98. The van der Waals surface area contributed by atoms with E-state index in [1.54, 1.807) is 0 Å². The maximum atomic E-state index is 5.06. The van der Waals surface area contributed by atoms with Gasteiger partial charge in [0, 0.05) is 13.1 Å². The van der Waals surface area contributed by atoms with Crippen molar-refractivity contribution in [2.75, 3.05) is 7.05 Å². The summed E-state index contributed by atoms with van der Waals surface area (Å²) in [6, 6.07) is 0.583. The highest BCUT2D eigenvalue weighted by Gasteiger charge is 2.29. The Bertz CT molecular complexity index is 170. The first kappa shape index (κ1) is 9.78. The Hall–Kier alpha value is -0.310. The van der Waals surface area contributed by atoms with E-state index in [1.807, 2.05) is 7.05 Å². The Balaban J connectivity index is 2.38. The van der Waals surface area contributed by atoms with Gasteiger partial charge in [0.15, 0.2) is 5.11 Å². The zero-order valence-electron chi connectivity index (χ0n) is 8.05. The van der Waals surface area contributed by atoms with Crippen LogP contribution < -0.4 is 10.6 Å². The fourth-order valence-electron chi connectivity index (χ4n) is 1.81. The van der Waals surface area contributed by atoms with Crippen LogP contribution in [-0.2, 0) is 0 Å². The van der Waals surface area contributed by atoms with E-state index in [0.717, 1.165) is 16.9 Å². The zero-order valence-corrected chi connectivity index (χ0v) is 8.87. The standard InChI is InChI=1S/C9H18N2S/c1-6-4-5-8(7(6)2)11-9(12)10-3/h6-8H,4-5H2,1-3H3,(H2,10,11,12). The molecule has 0 heterocycles. The average Bonchev–Trinajstić information content (AvgIpc) is 2.36. The minimum absolute atomic E-state index is 0.583. The van der Waals surface area contributed by atoms with Gasteiger partial charge in [-0.25, -0.2) is 0 Å². The van der Waals surface area contributed by atoms with Gasteiger partial charge in [0.25, 0.3) is 0 Å². The van der Waals surface area contributed by atoms with Crippen molar-refractivity contribution in [1.29, 1.82) is 0 Å². The Morgan fingerprint density at radius 2 is 2.00 bits per heavy atom. The molecule has 3 heteroatoms. The molecule has 1 aliphatic carbocycles. The molecule has 0 aliphatic heterocycles. The summed E-state index contributed by atoms with van der Waals surface area (Å²) in [5.41, 5.74) is 0. The van der Waals surface area contributed by atoms with E-state index in [0.29, 0.717) is 6.04 Å². The largest absolute Gasteiger partial charge is 0.366 e. The van der Waals surface area contributed by atoms with E-state index >= 15 is 0 Å². The molecule has 1 saturated carbocycles. The second-order valence-corrected chi connectivity index (χ2v) is 4.15. The molecule has 2 N–H and O–H groups in total. The van der Waals surface area contributed by atoms with Gasteiger partial charge >= 0.3 is 0 Å². The molecule has 3 atom stereocenters. The molecule has 0 aromatic heterocycles. The van der Waals surface area contributed by atoms with Crippen molar-refractivity contribution in [3.63, 3.8) is 0 Å². The van der Waals surface area contributed by atoms with Gasteiger partial charge in [-0.1, -0.05) is 13.8 Å². The van der Waals surface area contributed by atoms with Gasteiger partial charge in [-0.3, -0.25) is 0 Å². The van der Waals surface area contributed by atoms with Crippen molar-refractivity contribution in [1.82, 2.24) is 10.6 Å². The van der Waals surface area contributed by atoms with Crippen LogP contribution in [0.2, 0.25) is 0 Å². The van der Waals surface area contributed by atoms with Crippen molar-refractivity contribution >= 4 is 17.3 Å². The highest BCUT2D eigenvalue weighted by Crippen LogP contribution is 2.30. The van der Waals surface area contributed by atoms with Crippen LogP contribution in [0.3, 0.4) is 0 Å². The lowest BCUT2D eigenvalue weighted by Crippen LogP contribution is -2.42. The molecular formula is C9H18N2S. The molecule has 0 bridgehead atoms. The Morgan fingerprint density at radius 1 is 1.33 bits per heavy atom. The van der Waals surface area contributed by atoms with Gasteiger partial charge in [0.1, 0.15) is 0 Å². The number of thiocarbonyl (C=S) groups is 1. The summed E-state index contributed by atoms with van der Waals surface area (Å²) in [5, 5.41) is 7.06. The molecule has 0 radical (unpaired) electrons. The van der Waals surface area contributed by atoms with Crippen molar-refractivity contribution in [3.05, 3.63) is 0 Å². The second-order valence-electron chi connectivity index (χ2n) is 3.74. The van der Waals surface area contributed by atoms with Gasteiger partial charge in [-0.2, -0.15) is 0 Å². The summed E-state index contributed by atoms with van der Waals surface area (Å²) in [6.45, 7) is 4.61. The van der Waals surface area contributed by atoms with E-state index in [9.17, 15) is 0 Å². The monoisotopic (exact) mass is 186 g/mol. The summed E-state index contributed by atoms with van der Waals surface area (Å²) >= 11 is 5.06. The van der Waals surface area contributed by atoms with Crippen LogP contribution in [0.5, 0.6) is 0 Å². The van der Waals surface area contributed by atoms with Crippen molar-refractivity contribution in [3.8, 4) is 0 Å². The van der Waals surface area contributed by atoms with Crippen molar-refractivity contribution < 1.29 is 0 Å². The fraction of sp³-hybridized carbons (Fsp3) is 0.889. The van der Waals surface area contributed by atoms with Crippen molar-refractivity contribution in [2.45, 2.75) is 32.7 Å². The number of nitrogens with one attached hydrogen (secondary N) is 2. The Labute approximate surface area is 80.1 Å². The highest BCUT2D eigenvalue weighted by molar-refractivity contribution is 7.80. The zero-order chi connectivity index (χ0) is 9.14. The molecular weight excluding hydrogens is 168 g/mol. The van der Waals surface area contributed by atoms with Gasteiger partial charge in [0.05, 0.1) is 0 Å². The highest BCUT2D eigenvalue weighted by atomic mass is 32.1. The van der Waals surface area contributed by atoms with Crippen molar-refractivity contribution in [2.24, 2.45) is 11.8 Å². The minimum atomic E-state index is 0.583. The summed E-state index contributed by atoms with van der Waals surface area (Å²) < 4.78 is 0. The molecule has 2 nitrogen and oxygen atoms in total. The van der Waals surface area contributed by atoms with Crippen LogP contribution in [0.1, 0.15) is 26.7 Å². The lowest BCUT2D eigenvalue weighted by molar-refractivity contribution is 0.402. The quantitative estimate of drug-likeness (QED) is 0.607. The maximum Gasteiger partial charge on any atom is 0.166 e. The fourth-order valence-corrected chi connectivity index (χ4v) is 1.96. The first-order valence-electron chi connectivity index (χ1n) is 4.63. The summed E-state index contributed by atoms with van der Waals surface area (Å²) in [6.07, 6.45) is 2.58. The normalized spacial score (nSPS) is 34.8. The van der Waals surface area contributed by atoms with E-state index in [-0.39, 0.29) is 0 Å². The van der Waals surface area contributed by atoms with E-state index in [4.69, 9.17) is 12.2 Å². The molecule has 3 unspecified atom stereocenters. The maximum absolute atomic E-state index is 5.06. The lowest BCUT2D eigenvalue weighted by Gasteiger charge is -2.20. The molecule has 0 aromatic rings. The minimum Gasteiger partial charge on any atom is -0.366 e. The Kier molecular flexibility index (Phi) is 3.32. The first-order chi connectivity index (χ1) is 5.65. The third-order valence-electron chi connectivity index (χ3n) is 3.01. The van der Waals surface area contributed by atoms with Gasteiger partial charge in [-0.15, -0.1) is 0 Å². The van der Waals surface area contributed by atoms with Crippen LogP contribution in [-0.4, -0.2) is 18.2 Å². The number of hydrogen-bond acceptors (Lipinski definition) is 1. The van der Waals surface area contributed by atoms with Gasteiger partial charge in [0.2, 0.25) is 0 Å². The molecule has 0 amide bonds. The van der Waals surface area contributed by atoms with Crippen LogP contribution in [0.25, 0.3) is 0 Å². The molecule has 0 aromatic carbocycles. The number of hydrogen-bond donors (Lipinski definition) is 2. The SMILES string of the molecule is CNC(=S)NC1CCC(C)C1C. The number of rotatable bonds is 1. The van der Waals surface area contributed by atoms with Gasteiger partial charge in [-0.05, 0) is 36.9 Å². The smallest absolute Gasteiger partial charge is 0.166 e.